The van der Waals surface area contributed by atoms with Crippen molar-refractivity contribution >= 4 is 11.6 Å². The van der Waals surface area contributed by atoms with Crippen molar-refractivity contribution in [2.75, 3.05) is 11.9 Å². The van der Waals surface area contributed by atoms with Crippen LogP contribution in [0.1, 0.15) is 31.9 Å². The van der Waals surface area contributed by atoms with Crippen molar-refractivity contribution in [1.82, 2.24) is 9.88 Å². The van der Waals surface area contributed by atoms with Gasteiger partial charge >= 0.3 is 0 Å². The van der Waals surface area contributed by atoms with Gasteiger partial charge in [-0.2, -0.15) is 0 Å². The molecule has 4 nitrogen and oxygen atoms in total. The van der Waals surface area contributed by atoms with Gasteiger partial charge in [-0.1, -0.05) is 32.0 Å². The van der Waals surface area contributed by atoms with Crippen LogP contribution in [0.5, 0.6) is 0 Å². The Bertz CT molecular complexity index is 562. The first-order chi connectivity index (χ1) is 10.2. The van der Waals surface area contributed by atoms with Crippen molar-refractivity contribution in [2.24, 2.45) is 0 Å². The molecular formula is C17H23N3O. The molecule has 1 aromatic heterocycles. The number of hydrogen-bond acceptors (Lipinski definition) is 2. The Morgan fingerprint density at radius 2 is 1.95 bits per heavy atom. The van der Waals surface area contributed by atoms with Gasteiger partial charge in [-0.25, -0.2) is 0 Å². The topological polar surface area (TPSA) is 46.1 Å². The van der Waals surface area contributed by atoms with Crippen molar-refractivity contribution in [3.63, 3.8) is 0 Å². The molecular weight excluding hydrogens is 262 g/mol. The van der Waals surface area contributed by atoms with E-state index in [0.29, 0.717) is 12.6 Å². The fourth-order valence-corrected chi connectivity index (χ4v) is 2.40. The second-order valence-electron chi connectivity index (χ2n) is 5.05. The summed E-state index contributed by atoms with van der Waals surface area (Å²) in [5.41, 5.74) is 2.06. The van der Waals surface area contributed by atoms with Gasteiger partial charge in [0.2, 0.25) is 5.91 Å². The lowest BCUT2D eigenvalue weighted by atomic mass is 10.1. The molecule has 112 valence electrons. The molecule has 0 saturated heterocycles. The second-order valence-corrected chi connectivity index (χ2v) is 5.05. The molecule has 1 heterocycles. The minimum Gasteiger partial charge on any atom is -0.345 e. The summed E-state index contributed by atoms with van der Waals surface area (Å²) in [6, 6.07) is 12.0. The Hall–Kier alpha value is -2.07. The van der Waals surface area contributed by atoms with E-state index in [1.807, 2.05) is 47.3 Å². The van der Waals surface area contributed by atoms with Crippen LogP contribution >= 0.6 is 0 Å². The van der Waals surface area contributed by atoms with Gasteiger partial charge in [-0.05, 0) is 36.7 Å². The first kappa shape index (κ1) is 15.3. The van der Waals surface area contributed by atoms with Crippen LogP contribution in [0.4, 0.5) is 5.69 Å². The van der Waals surface area contributed by atoms with Gasteiger partial charge in [-0.15, -0.1) is 0 Å². The van der Waals surface area contributed by atoms with Crippen molar-refractivity contribution in [3.05, 3.63) is 54.4 Å². The van der Waals surface area contributed by atoms with Crippen LogP contribution in [0.3, 0.4) is 0 Å². The number of rotatable bonds is 7. The molecule has 0 aliphatic carbocycles. The quantitative estimate of drug-likeness (QED) is 0.820. The maximum atomic E-state index is 12.0. The average Bonchev–Trinajstić information content (AvgIpc) is 2.93. The van der Waals surface area contributed by atoms with Crippen LogP contribution in [-0.4, -0.2) is 17.0 Å². The largest absolute Gasteiger partial charge is 0.345 e. The number of aromatic nitrogens is 1. The number of nitrogens with zero attached hydrogens (tertiary/aromatic N) is 1. The molecule has 0 radical (unpaired) electrons. The minimum absolute atomic E-state index is 0.0140. The van der Waals surface area contributed by atoms with Crippen LogP contribution in [0.25, 0.3) is 0 Å². The molecule has 21 heavy (non-hydrogen) atoms. The third kappa shape index (κ3) is 4.46. The fraction of sp³-hybridized carbons (Fsp3) is 0.353. The van der Waals surface area contributed by atoms with E-state index in [1.165, 1.54) is 5.56 Å². The van der Waals surface area contributed by atoms with E-state index in [-0.39, 0.29) is 5.91 Å². The number of anilines is 1. The first-order valence-corrected chi connectivity index (χ1v) is 7.47. The van der Waals surface area contributed by atoms with E-state index in [1.54, 1.807) is 0 Å². The summed E-state index contributed by atoms with van der Waals surface area (Å²) in [7, 11) is 0. The minimum atomic E-state index is -0.0140. The second kappa shape index (κ2) is 7.64. The zero-order valence-corrected chi connectivity index (χ0v) is 12.7. The summed E-state index contributed by atoms with van der Waals surface area (Å²) in [5, 5.41) is 6.33. The predicted octanol–water partition coefficient (Wildman–Crippen LogP) is 3.19. The van der Waals surface area contributed by atoms with Crippen LogP contribution in [0.2, 0.25) is 0 Å². The Balaban J connectivity index is 1.94. The lowest BCUT2D eigenvalue weighted by Gasteiger charge is -2.14. The molecule has 0 spiro atoms. The molecule has 2 N–H and O–H groups in total. The molecule has 0 aliphatic heterocycles. The van der Waals surface area contributed by atoms with Crippen LogP contribution < -0.4 is 10.6 Å². The Morgan fingerprint density at radius 1 is 1.19 bits per heavy atom. The highest BCUT2D eigenvalue weighted by Gasteiger charge is 2.10. The monoisotopic (exact) mass is 285 g/mol. The molecule has 0 bridgehead atoms. The number of nitrogens with one attached hydrogen (secondary N) is 2. The van der Waals surface area contributed by atoms with Crippen molar-refractivity contribution < 1.29 is 4.79 Å². The molecule has 0 fully saturated rings. The van der Waals surface area contributed by atoms with Gasteiger partial charge < -0.3 is 15.2 Å². The maximum absolute atomic E-state index is 12.0. The molecule has 1 amide bonds. The highest BCUT2D eigenvalue weighted by atomic mass is 16.1. The molecule has 2 aromatic rings. The van der Waals surface area contributed by atoms with Gasteiger partial charge in [-0.3, -0.25) is 4.79 Å². The van der Waals surface area contributed by atoms with Gasteiger partial charge in [0.25, 0.3) is 0 Å². The average molecular weight is 285 g/mol. The number of amides is 1. The molecule has 2 rings (SSSR count). The Kier molecular flexibility index (Phi) is 5.58. The smallest absolute Gasteiger partial charge is 0.244 e. The van der Waals surface area contributed by atoms with E-state index >= 15 is 0 Å². The highest BCUT2D eigenvalue weighted by molar-refractivity contribution is 5.90. The lowest BCUT2D eigenvalue weighted by Crippen LogP contribution is -2.20. The van der Waals surface area contributed by atoms with Crippen LogP contribution in [0.15, 0.2) is 48.8 Å². The zero-order chi connectivity index (χ0) is 15.1. The zero-order valence-electron chi connectivity index (χ0n) is 12.7. The summed E-state index contributed by atoms with van der Waals surface area (Å²) in [5.74, 6) is -0.0140. The number of carbonyl (C=O) groups is 1. The SMILES string of the molecule is CCNC(CC)c1ccn(CC(=O)Nc2ccccc2)c1. The fourth-order valence-electron chi connectivity index (χ4n) is 2.40. The summed E-state index contributed by atoms with van der Waals surface area (Å²) in [6.07, 6.45) is 5.04. The van der Waals surface area contributed by atoms with Gasteiger partial charge in [0, 0.05) is 24.1 Å². The predicted molar refractivity (Wildman–Crippen MR) is 86.2 cm³/mol. The van der Waals surface area contributed by atoms with Gasteiger partial charge in [0.05, 0.1) is 0 Å². The Labute approximate surface area is 126 Å². The van der Waals surface area contributed by atoms with E-state index < -0.39 is 0 Å². The van der Waals surface area contributed by atoms with E-state index in [4.69, 9.17) is 0 Å². The van der Waals surface area contributed by atoms with Gasteiger partial charge in [0.15, 0.2) is 0 Å². The molecule has 1 aromatic carbocycles. The maximum Gasteiger partial charge on any atom is 0.244 e. The van der Waals surface area contributed by atoms with E-state index in [9.17, 15) is 4.79 Å². The number of hydrogen-bond donors (Lipinski definition) is 2. The highest BCUT2D eigenvalue weighted by Crippen LogP contribution is 2.16. The Morgan fingerprint density at radius 3 is 2.62 bits per heavy atom. The van der Waals surface area contributed by atoms with E-state index in [2.05, 4.69) is 30.5 Å². The standard InChI is InChI=1S/C17H23N3O/c1-3-16(18-4-2)14-10-11-20(12-14)13-17(21)19-15-8-6-5-7-9-15/h5-12,16,18H,3-4,13H2,1-2H3,(H,19,21). The van der Waals surface area contributed by atoms with Crippen LogP contribution in [0, 0.1) is 0 Å². The summed E-state index contributed by atoms with van der Waals surface area (Å²) >= 11 is 0. The third-order valence-electron chi connectivity index (χ3n) is 3.42. The molecule has 0 aliphatic rings. The number of para-hydroxylation sites is 1. The van der Waals surface area contributed by atoms with Crippen LogP contribution in [-0.2, 0) is 11.3 Å². The van der Waals surface area contributed by atoms with Gasteiger partial charge in [0.1, 0.15) is 6.54 Å². The summed E-state index contributed by atoms with van der Waals surface area (Å²) in [4.78, 5) is 12.0. The molecule has 1 unspecified atom stereocenters. The van der Waals surface area contributed by atoms with Crippen molar-refractivity contribution in [1.29, 1.82) is 0 Å². The molecule has 4 heteroatoms. The van der Waals surface area contributed by atoms with Crippen molar-refractivity contribution in [2.45, 2.75) is 32.9 Å². The number of benzene rings is 1. The summed E-state index contributed by atoms with van der Waals surface area (Å²) in [6.45, 7) is 5.54. The summed E-state index contributed by atoms with van der Waals surface area (Å²) < 4.78 is 1.92. The third-order valence-corrected chi connectivity index (χ3v) is 3.42. The first-order valence-electron chi connectivity index (χ1n) is 7.47. The van der Waals surface area contributed by atoms with Crippen molar-refractivity contribution in [3.8, 4) is 0 Å². The lowest BCUT2D eigenvalue weighted by molar-refractivity contribution is -0.116. The number of carbonyl (C=O) groups excluding carboxylic acids is 1. The van der Waals surface area contributed by atoms with E-state index in [0.717, 1.165) is 18.7 Å². The molecule has 1 atom stereocenters. The molecule has 0 saturated carbocycles. The normalized spacial score (nSPS) is 12.1.